The van der Waals surface area contributed by atoms with Crippen LogP contribution in [0.3, 0.4) is 0 Å². The molecule has 1 aromatic carbocycles. The predicted octanol–water partition coefficient (Wildman–Crippen LogP) is 2.22. The number of rotatable bonds is 3. The van der Waals surface area contributed by atoms with Crippen LogP contribution in [0.1, 0.15) is 29.6 Å². The molecule has 0 amide bonds. The third-order valence-electron chi connectivity index (χ3n) is 4.14. The molecule has 0 fully saturated rings. The van der Waals surface area contributed by atoms with Crippen molar-refractivity contribution in [1.29, 1.82) is 0 Å². The average Bonchev–Trinajstić information content (AvgIpc) is 3.10. The molecular formula is C16H16N6O. The minimum absolute atomic E-state index is 0.0670. The van der Waals surface area contributed by atoms with Crippen LogP contribution in [0, 0.1) is 0 Å². The monoisotopic (exact) mass is 308 g/mol. The lowest BCUT2D eigenvalue weighted by molar-refractivity contribution is 0.410. The fraction of sp³-hybridized carbons (Fsp3) is 0.250. The second kappa shape index (κ2) is 5.68. The van der Waals surface area contributed by atoms with E-state index in [1.54, 1.807) is 13.3 Å². The minimum Gasteiger partial charge on any atom is -0.497 e. The molecule has 0 radical (unpaired) electrons. The van der Waals surface area contributed by atoms with Crippen LogP contribution in [0.15, 0.2) is 48.8 Å². The summed E-state index contributed by atoms with van der Waals surface area (Å²) in [4.78, 5) is 4.21. The van der Waals surface area contributed by atoms with E-state index in [0.717, 1.165) is 23.3 Å². The van der Waals surface area contributed by atoms with E-state index in [9.17, 15) is 0 Å². The Labute approximate surface area is 133 Å². The van der Waals surface area contributed by atoms with Crippen molar-refractivity contribution >= 4 is 5.95 Å². The lowest BCUT2D eigenvalue weighted by atomic mass is 9.94. The number of tetrazole rings is 1. The first-order valence-electron chi connectivity index (χ1n) is 7.43. The number of methoxy groups -OCH3 is 1. The molecule has 4 rings (SSSR count). The Kier molecular flexibility index (Phi) is 3.38. The SMILES string of the molecule is COc1ccc([C@@H]2C[C@@H](c3cccnc3)Nc3nnnn32)cc1. The average molecular weight is 308 g/mol. The molecule has 1 aliphatic heterocycles. The molecular weight excluding hydrogens is 292 g/mol. The molecule has 0 aliphatic carbocycles. The van der Waals surface area contributed by atoms with Gasteiger partial charge in [-0.25, -0.2) is 4.68 Å². The van der Waals surface area contributed by atoms with Crippen LogP contribution < -0.4 is 10.1 Å². The molecule has 0 unspecified atom stereocenters. The van der Waals surface area contributed by atoms with E-state index in [1.165, 1.54) is 0 Å². The summed E-state index contributed by atoms with van der Waals surface area (Å²) in [6.07, 6.45) is 4.50. The normalized spacial score (nSPS) is 19.7. The maximum atomic E-state index is 5.23. The molecule has 0 spiro atoms. The molecule has 7 heteroatoms. The highest BCUT2D eigenvalue weighted by Gasteiger charge is 2.30. The van der Waals surface area contributed by atoms with Crippen LogP contribution in [0.2, 0.25) is 0 Å². The van der Waals surface area contributed by atoms with Gasteiger partial charge in [0, 0.05) is 12.4 Å². The van der Waals surface area contributed by atoms with Crippen LogP contribution >= 0.6 is 0 Å². The van der Waals surface area contributed by atoms with Gasteiger partial charge in [0.2, 0.25) is 5.95 Å². The molecule has 7 nitrogen and oxygen atoms in total. The van der Waals surface area contributed by atoms with E-state index in [0.29, 0.717) is 5.95 Å². The summed E-state index contributed by atoms with van der Waals surface area (Å²) < 4.78 is 7.06. The maximum Gasteiger partial charge on any atom is 0.243 e. The van der Waals surface area contributed by atoms with Gasteiger partial charge < -0.3 is 10.1 Å². The number of pyridine rings is 1. The molecule has 1 N–H and O–H groups in total. The van der Waals surface area contributed by atoms with Gasteiger partial charge in [0.25, 0.3) is 0 Å². The molecule has 3 aromatic rings. The highest BCUT2D eigenvalue weighted by molar-refractivity contribution is 5.38. The van der Waals surface area contributed by atoms with Crippen LogP contribution in [0.25, 0.3) is 0 Å². The van der Waals surface area contributed by atoms with E-state index in [2.05, 4.69) is 44.0 Å². The van der Waals surface area contributed by atoms with E-state index >= 15 is 0 Å². The lowest BCUT2D eigenvalue weighted by Crippen LogP contribution is -2.28. The van der Waals surface area contributed by atoms with Gasteiger partial charge in [-0.15, -0.1) is 0 Å². The van der Waals surface area contributed by atoms with E-state index < -0.39 is 0 Å². The van der Waals surface area contributed by atoms with Crippen LogP contribution in [0.4, 0.5) is 5.95 Å². The number of anilines is 1. The molecule has 3 heterocycles. The third-order valence-corrected chi connectivity index (χ3v) is 4.14. The van der Waals surface area contributed by atoms with E-state index in [1.807, 2.05) is 29.1 Å². The minimum atomic E-state index is 0.0670. The number of hydrogen-bond donors (Lipinski definition) is 1. The summed E-state index contributed by atoms with van der Waals surface area (Å²) in [5.74, 6) is 1.51. The van der Waals surface area contributed by atoms with Crippen LogP contribution in [0.5, 0.6) is 5.75 Å². The van der Waals surface area contributed by atoms with Crippen molar-refractivity contribution in [2.45, 2.75) is 18.5 Å². The van der Waals surface area contributed by atoms with Crippen molar-refractivity contribution in [3.8, 4) is 5.75 Å². The van der Waals surface area contributed by atoms with Gasteiger partial charge in [0.1, 0.15) is 5.75 Å². The van der Waals surface area contributed by atoms with E-state index in [-0.39, 0.29) is 12.1 Å². The molecule has 1 aliphatic rings. The second-order valence-corrected chi connectivity index (χ2v) is 5.46. The van der Waals surface area contributed by atoms with Gasteiger partial charge in [0.05, 0.1) is 19.2 Å². The molecule has 0 bridgehead atoms. The molecule has 23 heavy (non-hydrogen) atoms. The summed E-state index contributed by atoms with van der Waals surface area (Å²) >= 11 is 0. The summed E-state index contributed by atoms with van der Waals surface area (Å²) in [6, 6.07) is 12.2. The Balaban J connectivity index is 1.70. The van der Waals surface area contributed by atoms with Gasteiger partial charge in [-0.05, 0) is 46.2 Å². The highest BCUT2D eigenvalue weighted by Crippen LogP contribution is 2.37. The quantitative estimate of drug-likeness (QED) is 0.799. The molecule has 2 aromatic heterocycles. The Morgan fingerprint density at radius 2 is 2.04 bits per heavy atom. The van der Waals surface area contributed by atoms with Crippen molar-refractivity contribution in [3.05, 3.63) is 59.9 Å². The predicted molar refractivity (Wildman–Crippen MR) is 84.2 cm³/mol. The molecule has 2 atom stereocenters. The smallest absolute Gasteiger partial charge is 0.243 e. The molecule has 0 saturated carbocycles. The lowest BCUT2D eigenvalue weighted by Gasteiger charge is -2.30. The number of fused-ring (bicyclic) bond motifs is 1. The van der Waals surface area contributed by atoms with Gasteiger partial charge >= 0.3 is 0 Å². The number of hydrogen-bond acceptors (Lipinski definition) is 6. The van der Waals surface area contributed by atoms with Crippen LogP contribution in [-0.2, 0) is 0 Å². The Morgan fingerprint density at radius 1 is 1.17 bits per heavy atom. The fourth-order valence-electron chi connectivity index (χ4n) is 2.94. The summed E-state index contributed by atoms with van der Waals surface area (Å²) in [5.41, 5.74) is 2.27. The third kappa shape index (κ3) is 2.50. The Bertz CT molecular complexity index is 786. The topological polar surface area (TPSA) is 77.8 Å². The van der Waals surface area contributed by atoms with Gasteiger partial charge in [0.15, 0.2) is 0 Å². The van der Waals surface area contributed by atoms with Gasteiger partial charge in [-0.3, -0.25) is 4.98 Å². The zero-order chi connectivity index (χ0) is 15.6. The maximum absolute atomic E-state index is 5.23. The van der Waals surface area contributed by atoms with Gasteiger partial charge in [-0.2, -0.15) is 0 Å². The number of ether oxygens (including phenoxy) is 1. The first-order valence-corrected chi connectivity index (χ1v) is 7.43. The number of benzene rings is 1. The number of nitrogens with zero attached hydrogens (tertiary/aromatic N) is 5. The Hall–Kier alpha value is -2.96. The van der Waals surface area contributed by atoms with Crippen molar-refractivity contribution in [2.24, 2.45) is 0 Å². The fourth-order valence-corrected chi connectivity index (χ4v) is 2.94. The first-order chi connectivity index (χ1) is 11.3. The van der Waals surface area contributed by atoms with Crippen molar-refractivity contribution in [2.75, 3.05) is 12.4 Å². The zero-order valence-electron chi connectivity index (χ0n) is 12.6. The Morgan fingerprint density at radius 3 is 2.78 bits per heavy atom. The second-order valence-electron chi connectivity index (χ2n) is 5.46. The zero-order valence-corrected chi connectivity index (χ0v) is 12.6. The standard InChI is InChI=1S/C16H16N6O/c1-23-13-6-4-11(5-7-13)15-9-14(12-3-2-8-17-10-12)18-16-19-20-21-22(15)16/h2-8,10,14-15H,9H2,1H3,(H,18,19,21)/t14-,15-/m0/s1. The summed E-state index contributed by atoms with van der Waals surface area (Å²) in [7, 11) is 1.66. The van der Waals surface area contributed by atoms with Crippen molar-refractivity contribution < 1.29 is 4.74 Å². The van der Waals surface area contributed by atoms with Crippen molar-refractivity contribution in [1.82, 2.24) is 25.2 Å². The summed E-state index contributed by atoms with van der Waals surface area (Å²) in [5, 5.41) is 15.4. The van der Waals surface area contributed by atoms with E-state index in [4.69, 9.17) is 4.74 Å². The molecule has 0 saturated heterocycles. The number of aromatic nitrogens is 5. The molecule has 116 valence electrons. The number of nitrogens with one attached hydrogen (secondary N) is 1. The van der Waals surface area contributed by atoms with Crippen molar-refractivity contribution in [3.63, 3.8) is 0 Å². The highest BCUT2D eigenvalue weighted by atomic mass is 16.5. The van der Waals surface area contributed by atoms with Gasteiger partial charge in [-0.1, -0.05) is 23.3 Å². The summed E-state index contributed by atoms with van der Waals surface area (Å²) in [6.45, 7) is 0. The first kappa shape index (κ1) is 13.7. The van der Waals surface area contributed by atoms with Crippen LogP contribution in [-0.4, -0.2) is 32.3 Å². The largest absolute Gasteiger partial charge is 0.497 e.